The van der Waals surface area contributed by atoms with E-state index in [0.717, 1.165) is 0 Å². The first-order valence-electron chi connectivity index (χ1n) is 5.33. The van der Waals surface area contributed by atoms with E-state index in [0.29, 0.717) is 5.02 Å². The highest BCUT2D eigenvalue weighted by Crippen LogP contribution is 2.28. The van der Waals surface area contributed by atoms with Gasteiger partial charge in [-0.05, 0) is 30.3 Å². The topological polar surface area (TPSA) is 49.3 Å². The number of carbonyl (C=O) groups excluding carboxylic acids is 1. The van der Waals surface area contributed by atoms with Crippen molar-refractivity contribution in [3.05, 3.63) is 56.8 Å². The van der Waals surface area contributed by atoms with Gasteiger partial charge in [0.05, 0.1) is 15.6 Å². The molecule has 2 aromatic rings. The fourth-order valence-corrected chi connectivity index (χ4v) is 2.18. The van der Waals surface area contributed by atoms with Crippen LogP contribution in [0.4, 0.5) is 10.1 Å². The molecule has 0 aliphatic rings. The highest BCUT2D eigenvalue weighted by atomic mass is 35.5. The molecule has 0 fully saturated rings. The van der Waals surface area contributed by atoms with Crippen LogP contribution in [0, 0.1) is 5.82 Å². The van der Waals surface area contributed by atoms with Crippen molar-refractivity contribution in [1.29, 1.82) is 0 Å². The van der Waals surface area contributed by atoms with E-state index in [1.165, 1.54) is 30.3 Å². The SMILES string of the molecule is O=C(Nc1cc(Cl)c(F)c(Cl)c1)c1ccc(Cl)cc1O. The number of benzene rings is 2. The number of amides is 1. The Bertz CT molecular complexity index is 668. The van der Waals surface area contributed by atoms with Gasteiger partial charge >= 0.3 is 0 Å². The Kier molecular flexibility index (Phi) is 4.38. The van der Waals surface area contributed by atoms with E-state index in [1.54, 1.807) is 0 Å². The van der Waals surface area contributed by atoms with Gasteiger partial charge in [0.2, 0.25) is 0 Å². The number of phenolic OH excluding ortho intramolecular Hbond substituents is 1. The van der Waals surface area contributed by atoms with Gasteiger partial charge in [0, 0.05) is 10.7 Å². The summed E-state index contributed by atoms with van der Waals surface area (Å²) in [5.74, 6) is -1.63. The molecule has 0 radical (unpaired) electrons. The van der Waals surface area contributed by atoms with Gasteiger partial charge in [-0.3, -0.25) is 4.79 Å². The van der Waals surface area contributed by atoms with E-state index in [9.17, 15) is 14.3 Å². The fourth-order valence-electron chi connectivity index (χ4n) is 1.52. The molecule has 2 rings (SSSR count). The van der Waals surface area contributed by atoms with E-state index in [2.05, 4.69) is 5.32 Å². The molecular formula is C13H7Cl3FNO2. The van der Waals surface area contributed by atoms with Gasteiger partial charge in [-0.15, -0.1) is 0 Å². The molecule has 7 heteroatoms. The summed E-state index contributed by atoms with van der Waals surface area (Å²) in [4.78, 5) is 12.0. The zero-order valence-corrected chi connectivity index (χ0v) is 12.0. The standard InChI is InChI=1S/C13H7Cl3FNO2/c14-6-1-2-8(11(19)3-6)13(20)18-7-4-9(15)12(17)10(16)5-7/h1-5,19H,(H,18,20). The normalized spacial score (nSPS) is 10.4. The summed E-state index contributed by atoms with van der Waals surface area (Å²) in [5.41, 5.74) is 0.228. The highest BCUT2D eigenvalue weighted by Gasteiger charge is 2.14. The highest BCUT2D eigenvalue weighted by molar-refractivity contribution is 6.35. The second-order valence-corrected chi connectivity index (χ2v) is 5.12. The van der Waals surface area contributed by atoms with Crippen molar-refractivity contribution in [2.24, 2.45) is 0 Å². The number of rotatable bonds is 2. The minimum atomic E-state index is -0.763. The maximum atomic E-state index is 13.2. The van der Waals surface area contributed by atoms with Crippen LogP contribution in [0.1, 0.15) is 10.4 Å². The van der Waals surface area contributed by atoms with Crippen LogP contribution >= 0.6 is 34.8 Å². The molecule has 104 valence electrons. The van der Waals surface area contributed by atoms with Crippen LogP contribution in [0.2, 0.25) is 15.1 Å². The molecule has 0 unspecified atom stereocenters. The lowest BCUT2D eigenvalue weighted by atomic mass is 10.2. The maximum Gasteiger partial charge on any atom is 0.259 e. The van der Waals surface area contributed by atoms with Gasteiger partial charge in [-0.2, -0.15) is 0 Å². The minimum absolute atomic E-state index is 0.0194. The number of hydrogen-bond acceptors (Lipinski definition) is 2. The van der Waals surface area contributed by atoms with Crippen LogP contribution in [-0.2, 0) is 0 Å². The maximum absolute atomic E-state index is 13.2. The third-order valence-electron chi connectivity index (χ3n) is 2.45. The Morgan fingerprint density at radius 1 is 1.10 bits per heavy atom. The summed E-state index contributed by atoms with van der Waals surface area (Å²) in [6.45, 7) is 0. The van der Waals surface area contributed by atoms with Crippen LogP contribution in [0.25, 0.3) is 0 Å². The second-order valence-electron chi connectivity index (χ2n) is 3.87. The zero-order chi connectivity index (χ0) is 14.9. The van der Waals surface area contributed by atoms with Crippen molar-refractivity contribution in [3.63, 3.8) is 0 Å². The number of anilines is 1. The molecule has 0 saturated carbocycles. The van der Waals surface area contributed by atoms with Gasteiger partial charge in [0.1, 0.15) is 5.75 Å². The van der Waals surface area contributed by atoms with Crippen molar-refractivity contribution in [2.75, 3.05) is 5.32 Å². The molecular weight excluding hydrogens is 328 g/mol. The first-order valence-corrected chi connectivity index (χ1v) is 6.46. The Morgan fingerprint density at radius 3 is 2.25 bits per heavy atom. The Morgan fingerprint density at radius 2 is 1.70 bits per heavy atom. The average molecular weight is 335 g/mol. The molecule has 0 aliphatic carbocycles. The molecule has 1 amide bonds. The molecule has 20 heavy (non-hydrogen) atoms. The Balaban J connectivity index is 2.28. The average Bonchev–Trinajstić information content (AvgIpc) is 2.35. The largest absolute Gasteiger partial charge is 0.507 e. The first-order chi connectivity index (χ1) is 9.38. The van der Waals surface area contributed by atoms with Crippen molar-refractivity contribution >= 4 is 46.4 Å². The number of phenols is 1. The molecule has 2 aromatic carbocycles. The van der Waals surface area contributed by atoms with Crippen molar-refractivity contribution in [3.8, 4) is 5.75 Å². The van der Waals surface area contributed by atoms with E-state index >= 15 is 0 Å². The van der Waals surface area contributed by atoms with Crippen LogP contribution in [0.3, 0.4) is 0 Å². The van der Waals surface area contributed by atoms with Crippen LogP contribution in [0.5, 0.6) is 5.75 Å². The molecule has 0 aliphatic heterocycles. The summed E-state index contributed by atoms with van der Waals surface area (Å²) in [5, 5.41) is 12.0. The first kappa shape index (κ1) is 14.9. The summed E-state index contributed by atoms with van der Waals surface area (Å²) in [7, 11) is 0. The van der Waals surface area contributed by atoms with E-state index in [1.807, 2.05) is 0 Å². The quantitative estimate of drug-likeness (QED) is 0.779. The van der Waals surface area contributed by atoms with E-state index in [-0.39, 0.29) is 27.0 Å². The van der Waals surface area contributed by atoms with Crippen molar-refractivity contribution in [1.82, 2.24) is 0 Å². The number of hydrogen-bond donors (Lipinski definition) is 2. The Labute approximate surface area is 128 Å². The van der Waals surface area contributed by atoms with Crippen molar-refractivity contribution in [2.45, 2.75) is 0 Å². The van der Waals surface area contributed by atoms with Crippen molar-refractivity contribution < 1.29 is 14.3 Å². The lowest BCUT2D eigenvalue weighted by molar-refractivity contribution is 0.102. The van der Waals surface area contributed by atoms with Gasteiger partial charge < -0.3 is 10.4 Å². The van der Waals surface area contributed by atoms with Crippen LogP contribution in [0.15, 0.2) is 30.3 Å². The molecule has 3 nitrogen and oxygen atoms in total. The number of nitrogens with one attached hydrogen (secondary N) is 1. The Hall–Kier alpha value is -1.49. The smallest absolute Gasteiger partial charge is 0.259 e. The predicted molar refractivity (Wildman–Crippen MR) is 77.5 cm³/mol. The lowest BCUT2D eigenvalue weighted by Crippen LogP contribution is -2.12. The molecule has 0 saturated heterocycles. The predicted octanol–water partition coefficient (Wildman–Crippen LogP) is 4.74. The monoisotopic (exact) mass is 333 g/mol. The van der Waals surface area contributed by atoms with Crippen LogP contribution in [-0.4, -0.2) is 11.0 Å². The van der Waals surface area contributed by atoms with Gasteiger partial charge in [0.15, 0.2) is 5.82 Å². The third-order valence-corrected chi connectivity index (χ3v) is 3.23. The fraction of sp³-hybridized carbons (Fsp3) is 0. The molecule has 0 spiro atoms. The molecule has 0 heterocycles. The lowest BCUT2D eigenvalue weighted by Gasteiger charge is -2.08. The number of carbonyl (C=O) groups is 1. The summed E-state index contributed by atoms with van der Waals surface area (Å²) >= 11 is 16.9. The summed E-state index contributed by atoms with van der Waals surface area (Å²) in [6.07, 6.45) is 0. The zero-order valence-electron chi connectivity index (χ0n) is 9.75. The second kappa shape index (κ2) is 5.87. The summed E-state index contributed by atoms with van der Waals surface area (Å²) < 4.78 is 13.2. The molecule has 2 N–H and O–H groups in total. The van der Waals surface area contributed by atoms with E-state index < -0.39 is 11.7 Å². The molecule has 0 bridgehead atoms. The van der Waals surface area contributed by atoms with Gasteiger partial charge in [0.25, 0.3) is 5.91 Å². The van der Waals surface area contributed by atoms with E-state index in [4.69, 9.17) is 34.8 Å². The van der Waals surface area contributed by atoms with Crippen LogP contribution < -0.4 is 5.32 Å². The number of aromatic hydroxyl groups is 1. The molecule has 0 aromatic heterocycles. The minimum Gasteiger partial charge on any atom is -0.507 e. The van der Waals surface area contributed by atoms with Gasteiger partial charge in [-0.1, -0.05) is 34.8 Å². The third kappa shape index (κ3) is 3.15. The molecule has 0 atom stereocenters. The van der Waals surface area contributed by atoms with Gasteiger partial charge in [-0.25, -0.2) is 4.39 Å². The summed E-state index contributed by atoms with van der Waals surface area (Å²) in [6, 6.07) is 6.49. The number of halogens is 4.